The number of aromatic nitrogens is 4. The van der Waals surface area contributed by atoms with E-state index in [0.29, 0.717) is 0 Å². The maximum absolute atomic E-state index is 3.49. The molecule has 2 N–H and O–H groups in total. The van der Waals surface area contributed by atoms with Gasteiger partial charge in [-0.2, -0.15) is 15.4 Å². The van der Waals surface area contributed by atoms with Crippen LogP contribution < -0.4 is 0 Å². The van der Waals surface area contributed by atoms with Crippen molar-refractivity contribution in [1.82, 2.24) is 20.4 Å². The van der Waals surface area contributed by atoms with E-state index in [1.165, 1.54) is 0 Å². The van der Waals surface area contributed by atoms with E-state index in [0.717, 1.165) is 11.8 Å². The Morgan fingerprint density at radius 2 is 1.05 bits per heavy atom. The van der Waals surface area contributed by atoms with Crippen LogP contribution in [0, 0.1) is 11.8 Å². The molecular weight excluding hydrogens is 236 g/mol. The Balaban J connectivity index is -0.000000178. The Morgan fingerprint density at radius 3 is 1.16 bits per heavy atom. The third-order valence-corrected chi connectivity index (χ3v) is 0.827. The zero-order valence-corrected chi connectivity index (χ0v) is 12.5. The predicted octanol–water partition coefficient (Wildman–Crippen LogP) is 4.78. The van der Waals surface area contributed by atoms with Gasteiger partial charge in [0.05, 0.1) is 12.4 Å². The minimum atomic E-state index is 0. The van der Waals surface area contributed by atoms with Crippen LogP contribution in [0.2, 0.25) is 0 Å². The summed E-state index contributed by atoms with van der Waals surface area (Å²) in [6.45, 7) is 13.0. The van der Waals surface area contributed by atoms with E-state index < -0.39 is 0 Å². The summed E-state index contributed by atoms with van der Waals surface area (Å²) in [4.78, 5) is 2.86. The third-order valence-electron chi connectivity index (χ3n) is 0.827. The van der Waals surface area contributed by atoms with Gasteiger partial charge in [-0.05, 0) is 24.0 Å². The maximum atomic E-state index is 3.49. The van der Waals surface area contributed by atoms with Gasteiger partial charge >= 0.3 is 0 Å². The Labute approximate surface area is 119 Å². The second-order valence-electron chi connectivity index (χ2n) is 5.01. The normalized spacial score (nSPS) is 8.00. The van der Waals surface area contributed by atoms with Crippen LogP contribution in [-0.4, -0.2) is 20.4 Å². The predicted molar refractivity (Wildman–Crippen MR) is 84.9 cm³/mol. The fourth-order valence-corrected chi connectivity index (χ4v) is 0.444. The summed E-state index contributed by atoms with van der Waals surface area (Å²) >= 11 is 0. The van der Waals surface area contributed by atoms with Crippen LogP contribution in [0.3, 0.4) is 0 Å². The number of aromatic amines is 2. The van der Waals surface area contributed by atoms with Crippen LogP contribution in [0.25, 0.3) is 0 Å². The van der Waals surface area contributed by atoms with Crippen molar-refractivity contribution >= 4 is 0 Å². The van der Waals surface area contributed by atoms with Crippen LogP contribution in [0.4, 0.5) is 0 Å². The van der Waals surface area contributed by atoms with Crippen LogP contribution in [0.1, 0.15) is 49.0 Å². The number of rotatable bonds is 0. The van der Waals surface area contributed by atoms with Crippen LogP contribution in [-0.2, 0) is 0 Å². The van der Waals surface area contributed by atoms with Gasteiger partial charge in [0, 0.05) is 12.4 Å². The van der Waals surface area contributed by atoms with Crippen molar-refractivity contribution in [3.63, 3.8) is 0 Å². The van der Waals surface area contributed by atoms with E-state index in [-0.39, 0.29) is 7.43 Å². The maximum Gasteiger partial charge on any atom is 0.0690 e. The average Bonchev–Trinajstić information content (AvgIpc) is 2.96. The molecule has 0 fully saturated rings. The first-order valence-electron chi connectivity index (χ1n) is 6.34. The molecule has 0 aromatic carbocycles. The lowest BCUT2D eigenvalue weighted by atomic mass is 10.3. The molecule has 112 valence electrons. The van der Waals surface area contributed by atoms with Gasteiger partial charge < -0.3 is 4.98 Å². The zero-order valence-electron chi connectivity index (χ0n) is 12.5. The van der Waals surface area contributed by atoms with E-state index >= 15 is 0 Å². The summed E-state index contributed by atoms with van der Waals surface area (Å²) in [7, 11) is 0. The van der Waals surface area contributed by atoms with Gasteiger partial charge in [-0.15, -0.1) is 0 Å². The van der Waals surface area contributed by atoms with E-state index in [2.05, 4.69) is 61.9 Å². The largest absolute Gasteiger partial charge is 0.368 e. The molecule has 0 bridgehead atoms. The highest BCUT2D eigenvalue weighted by molar-refractivity contribution is 4.84. The molecule has 0 unspecified atom stereocenters. The first-order valence-corrected chi connectivity index (χ1v) is 6.34. The molecule has 19 heavy (non-hydrogen) atoms. The molecule has 0 spiro atoms. The molecule has 0 saturated carbocycles. The second-order valence-corrected chi connectivity index (χ2v) is 5.01. The quantitative estimate of drug-likeness (QED) is 0.722. The summed E-state index contributed by atoms with van der Waals surface area (Å²) < 4.78 is 0. The highest BCUT2D eigenvalue weighted by Gasteiger charge is 1.68. The van der Waals surface area contributed by atoms with Crippen LogP contribution in [0.5, 0.6) is 0 Å². The molecule has 0 radical (unpaired) electrons. The molecule has 2 aromatic rings. The molecule has 4 nitrogen and oxygen atoms in total. The highest BCUT2D eigenvalue weighted by atomic mass is 15.3. The first kappa shape index (κ1) is 22.6. The summed E-state index contributed by atoms with van der Waals surface area (Å²) in [6, 6.07) is 3.89. The Bertz CT molecular complexity index is 214. The minimum Gasteiger partial charge on any atom is -0.368 e. The molecule has 0 saturated heterocycles. The Kier molecular flexibility index (Phi) is 22.3. The summed E-state index contributed by atoms with van der Waals surface area (Å²) in [5, 5.41) is 9.33. The molecule has 0 aliphatic carbocycles. The average molecular weight is 268 g/mol. The smallest absolute Gasteiger partial charge is 0.0690 e. The monoisotopic (exact) mass is 268 g/mol. The lowest BCUT2D eigenvalue weighted by Gasteiger charge is -1.79. The number of hydrogen-bond acceptors (Lipinski definition) is 2. The van der Waals surface area contributed by atoms with E-state index in [9.17, 15) is 0 Å². The van der Waals surface area contributed by atoms with Gasteiger partial charge in [0.2, 0.25) is 0 Å². The van der Waals surface area contributed by atoms with E-state index in [1.807, 2.05) is 24.5 Å². The van der Waals surface area contributed by atoms with Crippen LogP contribution in [0.15, 0.2) is 36.9 Å². The molecule has 0 aliphatic rings. The fraction of sp³-hybridized carbons (Fsp3) is 0.600. The molecule has 0 atom stereocenters. The molecule has 4 heteroatoms. The van der Waals surface area contributed by atoms with Crippen molar-refractivity contribution in [2.45, 2.75) is 49.0 Å². The fourth-order valence-electron chi connectivity index (χ4n) is 0.444. The third kappa shape index (κ3) is 48.2. The molecule has 0 aliphatic heterocycles. The minimum absolute atomic E-state index is 0. The lowest BCUT2D eigenvalue weighted by Crippen LogP contribution is -1.66. The van der Waals surface area contributed by atoms with Crippen molar-refractivity contribution in [3.8, 4) is 0 Å². The van der Waals surface area contributed by atoms with Crippen molar-refractivity contribution in [1.29, 1.82) is 0 Å². The van der Waals surface area contributed by atoms with Crippen molar-refractivity contribution in [2.24, 2.45) is 11.8 Å². The van der Waals surface area contributed by atoms with E-state index in [1.54, 1.807) is 12.4 Å². The van der Waals surface area contributed by atoms with Crippen molar-refractivity contribution in [3.05, 3.63) is 36.9 Å². The zero-order chi connectivity index (χ0) is 14.2. The number of hydrogen-bond donors (Lipinski definition) is 2. The second kappa shape index (κ2) is 18.8. The molecule has 2 heterocycles. The molecule has 2 aromatic heterocycles. The topological polar surface area (TPSA) is 57.4 Å². The molecule has 2 rings (SSSR count). The Hall–Kier alpha value is -1.58. The highest BCUT2D eigenvalue weighted by Crippen LogP contribution is 1.81. The van der Waals surface area contributed by atoms with Gasteiger partial charge in [-0.1, -0.05) is 49.0 Å². The van der Waals surface area contributed by atoms with Crippen molar-refractivity contribution in [2.75, 3.05) is 0 Å². The van der Waals surface area contributed by atoms with Gasteiger partial charge in [-0.3, -0.25) is 0 Å². The summed E-state index contributed by atoms with van der Waals surface area (Å²) in [5.74, 6) is 1.67. The summed E-state index contributed by atoms with van der Waals surface area (Å²) in [5.41, 5.74) is 0. The van der Waals surface area contributed by atoms with Crippen molar-refractivity contribution < 1.29 is 0 Å². The van der Waals surface area contributed by atoms with Crippen LogP contribution >= 0.6 is 0 Å². The standard InChI is InChI=1S/C4H5N.2C4H10.C2H3N3.CH4/c1-2-4-5-3-1;2*1-4(2)3;1-2-4-5-3-1;/h1-5H;2*4H,1-3H3;1-2H,(H,3,4,5);1H4. The van der Waals surface area contributed by atoms with E-state index in [4.69, 9.17) is 0 Å². The Morgan fingerprint density at radius 1 is 0.737 bits per heavy atom. The van der Waals surface area contributed by atoms with Gasteiger partial charge in [0.15, 0.2) is 0 Å². The van der Waals surface area contributed by atoms with Gasteiger partial charge in [0.25, 0.3) is 0 Å². The SMILES string of the molecule is C.CC(C)C.CC(C)C.c1cc[nH]c1.c1cn[nH]n1. The molecule has 0 amide bonds. The van der Waals surface area contributed by atoms with Gasteiger partial charge in [0.1, 0.15) is 0 Å². The molecular formula is C15H32N4. The number of H-pyrrole nitrogens is 2. The lowest BCUT2D eigenvalue weighted by molar-refractivity contribution is 0.736. The van der Waals surface area contributed by atoms with Gasteiger partial charge in [-0.25, -0.2) is 0 Å². The number of nitrogens with zero attached hydrogens (tertiary/aromatic N) is 2. The summed E-state index contributed by atoms with van der Waals surface area (Å²) in [6.07, 6.45) is 6.92. The first-order chi connectivity index (χ1) is 8.46. The number of nitrogens with one attached hydrogen (secondary N) is 2.